The second-order valence-electron chi connectivity index (χ2n) is 2.45. The number of nitrogens with two attached hydrogens (primary N) is 1. The van der Waals surface area contributed by atoms with E-state index >= 15 is 0 Å². The number of carbonyl (C=O) groups is 2. The first-order chi connectivity index (χ1) is 6.07. The van der Waals surface area contributed by atoms with E-state index in [2.05, 4.69) is 5.32 Å². The van der Waals surface area contributed by atoms with Gasteiger partial charge in [-0.25, -0.2) is 4.79 Å². The number of carbonyl (C=O) groups excluding carboxylic acids is 1. The molecule has 6 heteroatoms. The summed E-state index contributed by atoms with van der Waals surface area (Å²) in [5, 5.41) is 11.0. The van der Waals surface area contributed by atoms with Crippen LogP contribution in [0.25, 0.3) is 0 Å². The number of nitrogens with one attached hydrogen (secondary N) is 1. The summed E-state index contributed by atoms with van der Waals surface area (Å²) >= 11 is 1.41. The zero-order chi connectivity index (χ0) is 10.3. The Bertz CT molecular complexity index is 187. The Morgan fingerprint density at radius 2 is 2.23 bits per heavy atom. The summed E-state index contributed by atoms with van der Waals surface area (Å²) in [6, 6.07) is -0.811. The van der Waals surface area contributed by atoms with Crippen LogP contribution in [-0.2, 0) is 9.59 Å². The van der Waals surface area contributed by atoms with Crippen LogP contribution in [0.5, 0.6) is 0 Å². The maximum atomic E-state index is 10.6. The summed E-state index contributed by atoms with van der Waals surface area (Å²) in [7, 11) is 0. The van der Waals surface area contributed by atoms with Crippen LogP contribution in [-0.4, -0.2) is 41.1 Å². The van der Waals surface area contributed by atoms with E-state index in [1.165, 1.54) is 18.7 Å². The van der Waals surface area contributed by atoms with E-state index in [4.69, 9.17) is 10.8 Å². The molecule has 0 aliphatic rings. The molecule has 4 N–H and O–H groups in total. The molecule has 0 fully saturated rings. The maximum Gasteiger partial charge on any atom is 0.327 e. The van der Waals surface area contributed by atoms with Crippen molar-refractivity contribution in [2.75, 3.05) is 18.1 Å². The number of carboxylic acids is 1. The van der Waals surface area contributed by atoms with Gasteiger partial charge in [-0.3, -0.25) is 4.79 Å². The van der Waals surface area contributed by atoms with Crippen molar-refractivity contribution in [2.24, 2.45) is 5.73 Å². The molecular formula is C7H14N2O3S. The van der Waals surface area contributed by atoms with Crippen molar-refractivity contribution in [3.05, 3.63) is 0 Å². The van der Waals surface area contributed by atoms with Crippen LogP contribution in [0.3, 0.4) is 0 Å². The topological polar surface area (TPSA) is 92.4 Å². The van der Waals surface area contributed by atoms with Gasteiger partial charge in [-0.2, -0.15) is 11.8 Å². The van der Waals surface area contributed by atoms with Gasteiger partial charge in [0.2, 0.25) is 5.91 Å². The molecule has 1 amide bonds. The molecule has 0 aliphatic carbocycles. The first kappa shape index (κ1) is 12.2. The van der Waals surface area contributed by atoms with Gasteiger partial charge in [0, 0.05) is 25.0 Å². The molecule has 76 valence electrons. The van der Waals surface area contributed by atoms with E-state index < -0.39 is 12.0 Å². The number of aliphatic carboxylic acids is 1. The predicted octanol–water partition coefficient (Wildman–Crippen LogP) is -0.732. The van der Waals surface area contributed by atoms with Gasteiger partial charge in [0.15, 0.2) is 0 Å². The molecule has 1 unspecified atom stereocenters. The van der Waals surface area contributed by atoms with E-state index in [9.17, 15) is 9.59 Å². The fourth-order valence-electron chi connectivity index (χ4n) is 0.705. The van der Waals surface area contributed by atoms with Gasteiger partial charge in [0.05, 0.1) is 0 Å². The normalized spacial score (nSPS) is 12.2. The molecule has 0 aromatic rings. The maximum absolute atomic E-state index is 10.6. The smallest absolute Gasteiger partial charge is 0.327 e. The van der Waals surface area contributed by atoms with E-state index in [1.807, 2.05) is 0 Å². The van der Waals surface area contributed by atoms with Crippen LogP contribution >= 0.6 is 11.8 Å². The largest absolute Gasteiger partial charge is 0.480 e. The summed E-state index contributed by atoms with van der Waals surface area (Å²) in [6.45, 7) is 1.81. The zero-order valence-corrected chi connectivity index (χ0v) is 8.26. The van der Waals surface area contributed by atoms with E-state index in [0.717, 1.165) is 0 Å². The minimum absolute atomic E-state index is 0.333. The van der Waals surface area contributed by atoms with E-state index in [1.54, 1.807) is 0 Å². The SMILES string of the molecule is CC(=O)NC(CSCCN)C(=O)O. The Hall–Kier alpha value is -0.750. The van der Waals surface area contributed by atoms with Crippen LogP contribution < -0.4 is 11.1 Å². The zero-order valence-electron chi connectivity index (χ0n) is 7.45. The number of hydrogen-bond donors (Lipinski definition) is 3. The minimum Gasteiger partial charge on any atom is -0.480 e. The highest BCUT2D eigenvalue weighted by Crippen LogP contribution is 2.01. The lowest BCUT2D eigenvalue weighted by Gasteiger charge is -2.11. The average molecular weight is 206 g/mol. The Kier molecular flexibility index (Phi) is 6.34. The summed E-state index contributed by atoms with van der Waals surface area (Å²) in [6.07, 6.45) is 0. The minimum atomic E-state index is -1.01. The summed E-state index contributed by atoms with van der Waals surface area (Å²) in [4.78, 5) is 21.2. The third kappa shape index (κ3) is 6.41. The van der Waals surface area contributed by atoms with E-state index in [0.29, 0.717) is 18.1 Å². The van der Waals surface area contributed by atoms with Gasteiger partial charge in [0.1, 0.15) is 6.04 Å². The van der Waals surface area contributed by atoms with Crippen LogP contribution in [0.1, 0.15) is 6.92 Å². The highest BCUT2D eigenvalue weighted by Gasteiger charge is 2.17. The summed E-state index contributed by atoms with van der Waals surface area (Å²) in [5.41, 5.74) is 5.24. The number of carboxylic acid groups (broad SMARTS) is 1. The van der Waals surface area contributed by atoms with Gasteiger partial charge in [-0.1, -0.05) is 0 Å². The van der Waals surface area contributed by atoms with Crippen LogP contribution in [0, 0.1) is 0 Å². The van der Waals surface area contributed by atoms with Crippen LogP contribution in [0.2, 0.25) is 0 Å². The van der Waals surface area contributed by atoms with Crippen molar-refractivity contribution in [2.45, 2.75) is 13.0 Å². The lowest BCUT2D eigenvalue weighted by atomic mass is 10.3. The van der Waals surface area contributed by atoms with Crippen molar-refractivity contribution >= 4 is 23.6 Å². The van der Waals surface area contributed by atoms with Crippen molar-refractivity contribution in [1.29, 1.82) is 0 Å². The lowest BCUT2D eigenvalue weighted by molar-refractivity contribution is -0.140. The fraction of sp³-hybridized carbons (Fsp3) is 0.714. The molecule has 1 atom stereocenters. The van der Waals surface area contributed by atoms with Gasteiger partial charge >= 0.3 is 5.97 Å². The number of rotatable bonds is 6. The predicted molar refractivity (Wildman–Crippen MR) is 51.6 cm³/mol. The molecule has 0 aromatic heterocycles. The standard InChI is InChI=1S/C7H14N2O3S/c1-5(10)9-6(7(11)12)4-13-3-2-8/h6H,2-4,8H2,1H3,(H,9,10)(H,11,12). The monoisotopic (exact) mass is 206 g/mol. The fourth-order valence-corrected chi connectivity index (χ4v) is 1.50. The van der Waals surface area contributed by atoms with Gasteiger partial charge in [-0.05, 0) is 0 Å². The van der Waals surface area contributed by atoms with Crippen molar-refractivity contribution in [3.63, 3.8) is 0 Å². The Morgan fingerprint density at radius 3 is 2.62 bits per heavy atom. The average Bonchev–Trinajstić information content (AvgIpc) is 2.02. The molecule has 0 aromatic carbocycles. The first-order valence-corrected chi connectivity index (χ1v) is 5.01. The molecule has 0 radical (unpaired) electrons. The molecule has 0 saturated heterocycles. The Labute approximate surface area is 81.1 Å². The van der Waals surface area contributed by atoms with Crippen molar-refractivity contribution in [3.8, 4) is 0 Å². The molecule has 0 spiro atoms. The van der Waals surface area contributed by atoms with Crippen molar-refractivity contribution in [1.82, 2.24) is 5.32 Å². The summed E-state index contributed by atoms with van der Waals surface area (Å²) in [5.74, 6) is -0.296. The highest BCUT2D eigenvalue weighted by molar-refractivity contribution is 7.99. The number of amides is 1. The second kappa shape index (κ2) is 6.73. The third-order valence-corrected chi connectivity index (χ3v) is 2.32. The van der Waals surface area contributed by atoms with Gasteiger partial charge in [-0.15, -0.1) is 0 Å². The highest BCUT2D eigenvalue weighted by atomic mass is 32.2. The molecular weight excluding hydrogens is 192 g/mol. The Balaban J connectivity index is 3.81. The molecule has 5 nitrogen and oxygen atoms in total. The second-order valence-corrected chi connectivity index (χ2v) is 3.60. The molecule has 0 heterocycles. The first-order valence-electron chi connectivity index (χ1n) is 3.85. The molecule has 13 heavy (non-hydrogen) atoms. The number of hydrogen-bond acceptors (Lipinski definition) is 4. The third-order valence-electron chi connectivity index (χ3n) is 1.22. The van der Waals surface area contributed by atoms with Crippen LogP contribution in [0.4, 0.5) is 0 Å². The Morgan fingerprint density at radius 1 is 1.62 bits per heavy atom. The van der Waals surface area contributed by atoms with Gasteiger partial charge < -0.3 is 16.2 Å². The van der Waals surface area contributed by atoms with E-state index in [-0.39, 0.29) is 5.91 Å². The molecule has 0 saturated carbocycles. The van der Waals surface area contributed by atoms with Crippen molar-refractivity contribution < 1.29 is 14.7 Å². The molecule has 0 aliphatic heterocycles. The molecule has 0 rings (SSSR count). The number of thioether (sulfide) groups is 1. The summed E-state index contributed by atoms with van der Waals surface area (Å²) < 4.78 is 0. The van der Waals surface area contributed by atoms with Crippen LogP contribution in [0.15, 0.2) is 0 Å². The molecule has 0 bridgehead atoms. The van der Waals surface area contributed by atoms with Gasteiger partial charge in [0.25, 0.3) is 0 Å². The quantitative estimate of drug-likeness (QED) is 0.498. The lowest BCUT2D eigenvalue weighted by Crippen LogP contribution is -2.41.